The van der Waals surface area contributed by atoms with E-state index in [4.69, 9.17) is 11.6 Å². The lowest BCUT2D eigenvalue weighted by Gasteiger charge is -2.39. The molecule has 0 radical (unpaired) electrons. The van der Waals surface area contributed by atoms with Crippen molar-refractivity contribution in [1.82, 2.24) is 0 Å². The molecule has 0 amide bonds. The van der Waals surface area contributed by atoms with Gasteiger partial charge in [-0.25, -0.2) is 0 Å². The molecule has 1 spiro atoms. The minimum absolute atomic E-state index is 0.209. The summed E-state index contributed by atoms with van der Waals surface area (Å²) >= 11 is 6.18. The summed E-state index contributed by atoms with van der Waals surface area (Å²) in [7, 11) is 0. The number of aryl methyl sites for hydroxylation is 1. The lowest BCUT2D eigenvalue weighted by Crippen LogP contribution is -2.32. The molecular formula is C18H22ClNO. The minimum Gasteiger partial charge on any atom is -0.359 e. The van der Waals surface area contributed by atoms with Crippen LogP contribution in [0.5, 0.6) is 0 Å². The van der Waals surface area contributed by atoms with Crippen LogP contribution in [0.4, 0.5) is 5.69 Å². The molecule has 2 aliphatic carbocycles. The van der Waals surface area contributed by atoms with Gasteiger partial charge < -0.3 is 5.32 Å². The van der Waals surface area contributed by atoms with E-state index in [0.29, 0.717) is 0 Å². The molecule has 0 saturated heterocycles. The third-order valence-electron chi connectivity index (χ3n) is 4.84. The van der Waals surface area contributed by atoms with Gasteiger partial charge in [0.05, 0.1) is 0 Å². The van der Waals surface area contributed by atoms with Crippen LogP contribution < -0.4 is 5.32 Å². The van der Waals surface area contributed by atoms with Gasteiger partial charge in [-0.1, -0.05) is 36.9 Å². The molecule has 2 nitrogen and oxygen atoms in total. The number of hydrogen-bond acceptors (Lipinski definition) is 2. The predicted octanol–water partition coefficient (Wildman–Crippen LogP) is 5.26. The van der Waals surface area contributed by atoms with Crippen molar-refractivity contribution in [2.75, 3.05) is 5.32 Å². The first kappa shape index (κ1) is 14.6. The normalized spacial score (nSPS) is 21.2. The van der Waals surface area contributed by atoms with Crippen LogP contribution >= 0.6 is 11.6 Å². The van der Waals surface area contributed by atoms with Gasteiger partial charge in [-0.2, -0.15) is 0 Å². The van der Waals surface area contributed by atoms with Gasteiger partial charge in [-0.3, -0.25) is 4.79 Å². The summed E-state index contributed by atoms with van der Waals surface area (Å²) in [6, 6.07) is 5.96. The van der Waals surface area contributed by atoms with Crippen molar-refractivity contribution in [3.8, 4) is 0 Å². The van der Waals surface area contributed by atoms with Crippen LogP contribution in [0.2, 0.25) is 5.02 Å². The Kier molecular flexibility index (Phi) is 4.08. The van der Waals surface area contributed by atoms with Gasteiger partial charge in [0.15, 0.2) is 5.78 Å². The zero-order valence-corrected chi connectivity index (χ0v) is 13.3. The largest absolute Gasteiger partial charge is 0.359 e. The lowest BCUT2D eigenvalue weighted by molar-refractivity contribution is -0.118. The molecule has 2 aliphatic rings. The van der Waals surface area contributed by atoms with Gasteiger partial charge >= 0.3 is 0 Å². The number of anilines is 1. The topological polar surface area (TPSA) is 29.1 Å². The zero-order valence-electron chi connectivity index (χ0n) is 12.5. The van der Waals surface area contributed by atoms with Crippen molar-refractivity contribution in [3.63, 3.8) is 0 Å². The summed E-state index contributed by atoms with van der Waals surface area (Å²) in [6.07, 6.45) is 9.72. The van der Waals surface area contributed by atoms with E-state index in [1.54, 1.807) is 6.08 Å². The van der Waals surface area contributed by atoms with E-state index >= 15 is 0 Å². The smallest absolute Gasteiger partial charge is 0.157 e. The predicted molar refractivity (Wildman–Crippen MR) is 87.7 cm³/mol. The molecule has 0 atom stereocenters. The van der Waals surface area contributed by atoms with Crippen molar-refractivity contribution < 1.29 is 4.79 Å². The first-order valence-electron chi connectivity index (χ1n) is 7.83. The van der Waals surface area contributed by atoms with Crippen LogP contribution in [0, 0.1) is 12.3 Å². The number of nitrogens with one attached hydrogen (secondary N) is 1. The Morgan fingerprint density at radius 3 is 2.62 bits per heavy atom. The third kappa shape index (κ3) is 3.32. The molecule has 1 aromatic rings. The van der Waals surface area contributed by atoms with Gasteiger partial charge in [-0.15, -0.1) is 0 Å². The molecule has 21 heavy (non-hydrogen) atoms. The van der Waals surface area contributed by atoms with Crippen LogP contribution in [0.25, 0.3) is 0 Å². The maximum Gasteiger partial charge on any atom is 0.157 e. The maximum absolute atomic E-state index is 12.1. The number of benzene rings is 1. The minimum atomic E-state index is 0.209. The number of carbonyl (C=O) groups excluding carboxylic acids is 1. The summed E-state index contributed by atoms with van der Waals surface area (Å²) in [4.78, 5) is 12.1. The second kappa shape index (κ2) is 5.84. The Bertz CT molecular complexity index is 585. The van der Waals surface area contributed by atoms with Crippen LogP contribution in [0.3, 0.4) is 0 Å². The fourth-order valence-electron chi connectivity index (χ4n) is 3.72. The highest BCUT2D eigenvalue weighted by Crippen LogP contribution is 2.46. The molecule has 0 heterocycles. The molecule has 1 aromatic carbocycles. The maximum atomic E-state index is 12.1. The van der Waals surface area contributed by atoms with E-state index in [2.05, 4.69) is 5.32 Å². The zero-order chi connectivity index (χ0) is 14.9. The van der Waals surface area contributed by atoms with Crippen molar-refractivity contribution in [3.05, 3.63) is 40.6 Å². The SMILES string of the molecule is Cc1ccc(NC2=CC(=O)CC3(CCCCC3)C2)cc1Cl. The van der Waals surface area contributed by atoms with E-state index in [1.807, 2.05) is 25.1 Å². The van der Waals surface area contributed by atoms with E-state index < -0.39 is 0 Å². The van der Waals surface area contributed by atoms with E-state index in [9.17, 15) is 4.79 Å². The number of rotatable bonds is 2. The van der Waals surface area contributed by atoms with Crippen LogP contribution in [-0.4, -0.2) is 5.78 Å². The van der Waals surface area contributed by atoms with E-state index in [0.717, 1.165) is 34.8 Å². The van der Waals surface area contributed by atoms with Gasteiger partial charge in [0.25, 0.3) is 0 Å². The summed E-state index contributed by atoms with van der Waals surface area (Å²) in [5.74, 6) is 0.267. The van der Waals surface area contributed by atoms with Crippen LogP contribution in [-0.2, 0) is 4.79 Å². The summed E-state index contributed by atoms with van der Waals surface area (Å²) in [5.41, 5.74) is 3.30. The molecule has 0 aromatic heterocycles. The molecule has 3 rings (SSSR count). The van der Waals surface area contributed by atoms with Gasteiger partial charge in [0.1, 0.15) is 0 Å². The molecule has 3 heteroatoms. The number of ketones is 1. The molecule has 1 saturated carbocycles. The lowest BCUT2D eigenvalue weighted by atomic mass is 9.66. The van der Waals surface area contributed by atoms with Crippen molar-refractivity contribution in [1.29, 1.82) is 0 Å². The summed E-state index contributed by atoms with van der Waals surface area (Å²) in [6.45, 7) is 1.99. The Hall–Kier alpha value is -1.28. The Balaban J connectivity index is 1.78. The molecule has 0 unspecified atom stereocenters. The fourth-order valence-corrected chi connectivity index (χ4v) is 3.90. The highest BCUT2D eigenvalue weighted by molar-refractivity contribution is 6.31. The summed E-state index contributed by atoms with van der Waals surface area (Å²) < 4.78 is 0. The first-order valence-corrected chi connectivity index (χ1v) is 8.21. The molecule has 0 bridgehead atoms. The highest BCUT2D eigenvalue weighted by atomic mass is 35.5. The summed E-state index contributed by atoms with van der Waals surface area (Å²) in [5, 5.41) is 4.17. The van der Waals surface area contributed by atoms with Crippen molar-refractivity contribution in [2.45, 2.75) is 51.9 Å². The molecule has 1 fully saturated rings. The van der Waals surface area contributed by atoms with E-state index in [-0.39, 0.29) is 11.2 Å². The van der Waals surface area contributed by atoms with Crippen molar-refractivity contribution in [2.24, 2.45) is 5.41 Å². The molecular weight excluding hydrogens is 282 g/mol. The standard InChI is InChI=1S/C18H22ClNO/c1-13-5-6-14(10-17(13)19)20-15-9-16(21)12-18(11-15)7-3-2-4-8-18/h5-6,9-10,20H,2-4,7-8,11-12H2,1H3. The average Bonchev–Trinajstić information content (AvgIpc) is 2.43. The number of allylic oxidation sites excluding steroid dienone is 2. The second-order valence-corrected chi connectivity index (χ2v) is 7.05. The Morgan fingerprint density at radius 2 is 1.90 bits per heavy atom. The quantitative estimate of drug-likeness (QED) is 0.807. The Morgan fingerprint density at radius 1 is 1.14 bits per heavy atom. The second-order valence-electron chi connectivity index (χ2n) is 6.64. The number of carbonyl (C=O) groups is 1. The van der Waals surface area contributed by atoms with Crippen LogP contribution in [0.1, 0.15) is 50.5 Å². The van der Waals surface area contributed by atoms with Gasteiger partial charge in [0, 0.05) is 28.9 Å². The fraction of sp³-hybridized carbons (Fsp3) is 0.500. The monoisotopic (exact) mass is 303 g/mol. The van der Waals surface area contributed by atoms with E-state index in [1.165, 1.54) is 32.1 Å². The van der Waals surface area contributed by atoms with Gasteiger partial charge in [0.2, 0.25) is 0 Å². The highest BCUT2D eigenvalue weighted by Gasteiger charge is 2.37. The first-order chi connectivity index (χ1) is 10.1. The molecule has 112 valence electrons. The molecule has 0 aliphatic heterocycles. The van der Waals surface area contributed by atoms with Crippen molar-refractivity contribution >= 4 is 23.1 Å². The van der Waals surface area contributed by atoms with Gasteiger partial charge in [-0.05, 0) is 49.3 Å². The number of halogens is 1. The third-order valence-corrected chi connectivity index (χ3v) is 5.25. The average molecular weight is 304 g/mol. The number of hydrogen-bond donors (Lipinski definition) is 1. The molecule has 1 N–H and O–H groups in total. The Labute approximate surface area is 131 Å². The van der Waals surface area contributed by atoms with Crippen LogP contribution in [0.15, 0.2) is 30.0 Å².